The van der Waals surface area contributed by atoms with Crippen molar-refractivity contribution in [3.05, 3.63) is 55.0 Å². The molecule has 1 heterocycles. The molecule has 0 bridgehead atoms. The van der Waals surface area contributed by atoms with Gasteiger partial charge in [-0.2, -0.15) is 0 Å². The predicted octanol–water partition coefficient (Wildman–Crippen LogP) is 4.20. The van der Waals surface area contributed by atoms with E-state index in [9.17, 15) is 13.2 Å². The van der Waals surface area contributed by atoms with Gasteiger partial charge in [-0.15, -0.1) is 13.2 Å². The van der Waals surface area contributed by atoms with Crippen molar-refractivity contribution in [3.63, 3.8) is 0 Å². The molecule has 1 aromatic heterocycles. The van der Waals surface area contributed by atoms with Crippen molar-refractivity contribution in [1.82, 2.24) is 9.97 Å². The molecule has 0 fully saturated rings. The molecule has 0 unspecified atom stereocenters. The Balaban J connectivity index is 1.91. The third-order valence-corrected chi connectivity index (χ3v) is 2.93. The second-order valence-corrected chi connectivity index (χ2v) is 4.37. The zero-order valence-corrected chi connectivity index (χ0v) is 10.6. The van der Waals surface area contributed by atoms with E-state index in [-0.39, 0.29) is 5.75 Å². The Morgan fingerprint density at radius 3 is 2.33 bits per heavy atom. The molecule has 0 atom stereocenters. The number of benzene rings is 2. The average Bonchev–Trinajstić information content (AvgIpc) is 2.46. The first-order chi connectivity index (χ1) is 10.0. The smallest absolute Gasteiger partial charge is 0.406 e. The van der Waals surface area contributed by atoms with Gasteiger partial charge in [-0.25, -0.2) is 9.97 Å². The Labute approximate surface area is 118 Å². The van der Waals surface area contributed by atoms with E-state index < -0.39 is 6.36 Å². The van der Waals surface area contributed by atoms with E-state index in [1.54, 1.807) is 18.3 Å². The first-order valence-corrected chi connectivity index (χ1v) is 6.07. The lowest BCUT2D eigenvalue weighted by Crippen LogP contribution is -2.16. The van der Waals surface area contributed by atoms with Crippen LogP contribution in [-0.2, 0) is 0 Å². The number of fused-ring (bicyclic) bond motifs is 1. The summed E-state index contributed by atoms with van der Waals surface area (Å²) >= 11 is 0. The lowest BCUT2D eigenvalue weighted by atomic mass is 10.0. The topological polar surface area (TPSA) is 35.0 Å². The summed E-state index contributed by atoms with van der Waals surface area (Å²) in [7, 11) is 0. The third-order valence-electron chi connectivity index (χ3n) is 2.93. The Morgan fingerprint density at radius 1 is 0.905 bits per heavy atom. The Morgan fingerprint density at radius 2 is 1.62 bits per heavy atom. The fraction of sp³-hybridized carbons (Fsp3) is 0.0667. The van der Waals surface area contributed by atoms with E-state index in [0.717, 1.165) is 22.0 Å². The van der Waals surface area contributed by atoms with Gasteiger partial charge in [-0.1, -0.05) is 18.2 Å². The highest BCUT2D eigenvalue weighted by Gasteiger charge is 2.30. The van der Waals surface area contributed by atoms with Crippen LogP contribution in [0.2, 0.25) is 0 Å². The van der Waals surface area contributed by atoms with E-state index >= 15 is 0 Å². The molecular weight excluding hydrogens is 281 g/mol. The van der Waals surface area contributed by atoms with Crippen molar-refractivity contribution in [2.45, 2.75) is 6.36 Å². The summed E-state index contributed by atoms with van der Waals surface area (Å²) < 4.78 is 40.2. The molecule has 21 heavy (non-hydrogen) atoms. The van der Waals surface area contributed by atoms with E-state index in [2.05, 4.69) is 14.7 Å². The molecule has 3 nitrogen and oxygen atoms in total. The van der Waals surface area contributed by atoms with Gasteiger partial charge < -0.3 is 4.74 Å². The largest absolute Gasteiger partial charge is 0.573 e. The van der Waals surface area contributed by atoms with Crippen molar-refractivity contribution >= 4 is 10.9 Å². The molecule has 3 rings (SSSR count). The third kappa shape index (κ3) is 3.10. The van der Waals surface area contributed by atoms with Crippen molar-refractivity contribution in [1.29, 1.82) is 0 Å². The van der Waals surface area contributed by atoms with Gasteiger partial charge in [0.25, 0.3) is 0 Å². The van der Waals surface area contributed by atoms with E-state index in [1.165, 1.54) is 18.5 Å². The molecule has 106 valence electrons. The van der Waals surface area contributed by atoms with Crippen LogP contribution in [0.3, 0.4) is 0 Å². The summed E-state index contributed by atoms with van der Waals surface area (Å²) in [6.07, 6.45) is -1.53. The van der Waals surface area contributed by atoms with Crippen LogP contribution in [0.4, 0.5) is 13.2 Å². The molecular formula is C15H9F3N2O. The van der Waals surface area contributed by atoms with Crippen LogP contribution < -0.4 is 4.74 Å². The van der Waals surface area contributed by atoms with Crippen LogP contribution >= 0.6 is 0 Å². The van der Waals surface area contributed by atoms with Gasteiger partial charge in [0.2, 0.25) is 0 Å². The predicted molar refractivity (Wildman–Crippen MR) is 71.7 cm³/mol. The van der Waals surface area contributed by atoms with Crippen LogP contribution in [0.5, 0.6) is 5.75 Å². The van der Waals surface area contributed by atoms with Gasteiger partial charge in [-0.05, 0) is 35.4 Å². The number of hydrogen-bond donors (Lipinski definition) is 0. The van der Waals surface area contributed by atoms with Crippen LogP contribution in [0, 0.1) is 0 Å². The zero-order chi connectivity index (χ0) is 14.9. The standard InChI is InChI=1S/C15H9F3N2O/c16-15(17,18)21-13-4-1-10(2-5-13)11-3-6-14-12(7-11)8-19-9-20-14/h1-9H. The van der Waals surface area contributed by atoms with Gasteiger partial charge >= 0.3 is 6.36 Å². The highest BCUT2D eigenvalue weighted by atomic mass is 19.4. The molecule has 0 aliphatic rings. The fourth-order valence-corrected chi connectivity index (χ4v) is 2.01. The van der Waals surface area contributed by atoms with Gasteiger partial charge in [0.05, 0.1) is 5.52 Å². The number of rotatable bonds is 2. The highest BCUT2D eigenvalue weighted by Crippen LogP contribution is 2.27. The molecule has 2 aromatic carbocycles. The number of nitrogens with zero attached hydrogens (tertiary/aromatic N) is 2. The molecule has 0 amide bonds. The van der Waals surface area contributed by atoms with Crippen LogP contribution in [0.1, 0.15) is 0 Å². The highest BCUT2D eigenvalue weighted by molar-refractivity contribution is 5.83. The molecule has 6 heteroatoms. The van der Waals surface area contributed by atoms with E-state index in [4.69, 9.17) is 0 Å². The number of halogens is 3. The van der Waals surface area contributed by atoms with Crippen LogP contribution in [0.15, 0.2) is 55.0 Å². The summed E-state index contributed by atoms with van der Waals surface area (Å²) in [5.41, 5.74) is 2.47. The number of hydrogen-bond acceptors (Lipinski definition) is 3. The normalized spacial score (nSPS) is 11.6. The zero-order valence-electron chi connectivity index (χ0n) is 10.6. The summed E-state index contributed by atoms with van der Waals surface area (Å²) in [5, 5.41) is 0.866. The molecule has 0 spiro atoms. The number of alkyl halides is 3. The quantitative estimate of drug-likeness (QED) is 0.709. The van der Waals surface area contributed by atoms with E-state index in [0.29, 0.717) is 0 Å². The summed E-state index contributed by atoms with van der Waals surface area (Å²) in [6.45, 7) is 0. The van der Waals surface area contributed by atoms with Gasteiger partial charge in [-0.3, -0.25) is 0 Å². The first kappa shape index (κ1) is 13.4. The molecule has 0 radical (unpaired) electrons. The Kier molecular flexibility index (Phi) is 3.21. The number of aromatic nitrogens is 2. The summed E-state index contributed by atoms with van der Waals surface area (Å²) in [6, 6.07) is 11.3. The lowest BCUT2D eigenvalue weighted by molar-refractivity contribution is -0.274. The molecule has 0 aliphatic carbocycles. The molecule has 3 aromatic rings. The van der Waals surface area contributed by atoms with Crippen molar-refractivity contribution in [2.24, 2.45) is 0 Å². The minimum atomic E-state index is -4.68. The summed E-state index contributed by atoms with van der Waals surface area (Å²) in [5.74, 6) is -0.240. The fourth-order valence-electron chi connectivity index (χ4n) is 2.01. The van der Waals surface area contributed by atoms with Crippen molar-refractivity contribution in [2.75, 3.05) is 0 Å². The van der Waals surface area contributed by atoms with Gasteiger partial charge in [0.15, 0.2) is 0 Å². The first-order valence-electron chi connectivity index (χ1n) is 6.07. The minimum Gasteiger partial charge on any atom is -0.406 e. The van der Waals surface area contributed by atoms with Crippen LogP contribution in [-0.4, -0.2) is 16.3 Å². The second kappa shape index (κ2) is 5.05. The maximum Gasteiger partial charge on any atom is 0.573 e. The van der Waals surface area contributed by atoms with Crippen LogP contribution in [0.25, 0.3) is 22.0 Å². The summed E-state index contributed by atoms with van der Waals surface area (Å²) in [4.78, 5) is 8.06. The van der Waals surface area contributed by atoms with E-state index in [1.807, 2.05) is 18.2 Å². The minimum absolute atomic E-state index is 0.240. The van der Waals surface area contributed by atoms with Gasteiger partial charge in [0.1, 0.15) is 12.1 Å². The van der Waals surface area contributed by atoms with Crippen molar-refractivity contribution < 1.29 is 17.9 Å². The number of ether oxygens (including phenoxy) is 1. The Bertz CT molecular complexity index is 770. The second-order valence-electron chi connectivity index (χ2n) is 4.37. The molecule has 0 N–H and O–H groups in total. The van der Waals surface area contributed by atoms with Gasteiger partial charge in [0, 0.05) is 11.6 Å². The monoisotopic (exact) mass is 290 g/mol. The molecule has 0 saturated carbocycles. The molecule has 0 saturated heterocycles. The molecule has 0 aliphatic heterocycles. The lowest BCUT2D eigenvalue weighted by Gasteiger charge is -2.09. The Hall–Kier alpha value is -2.63. The average molecular weight is 290 g/mol. The maximum absolute atomic E-state index is 12.1. The SMILES string of the molecule is FC(F)(F)Oc1ccc(-c2ccc3ncncc3c2)cc1. The van der Waals surface area contributed by atoms with Crippen molar-refractivity contribution in [3.8, 4) is 16.9 Å². The maximum atomic E-state index is 12.1.